The van der Waals surface area contributed by atoms with E-state index >= 15 is 0 Å². The highest BCUT2D eigenvalue weighted by Gasteiger charge is 2.35. The zero-order valence-electron chi connectivity index (χ0n) is 11.3. The Hall–Kier alpha value is -1.10. The minimum atomic E-state index is -0.351. The Kier molecular flexibility index (Phi) is 4.22. The van der Waals surface area contributed by atoms with Gasteiger partial charge in [-0.25, -0.2) is 0 Å². The highest BCUT2D eigenvalue weighted by atomic mass is 16.2. The van der Waals surface area contributed by atoms with E-state index in [0.717, 1.165) is 26.1 Å². The molecule has 1 saturated heterocycles. The molecule has 0 aromatic heterocycles. The molecule has 2 aliphatic rings. The minimum absolute atomic E-state index is 0.338. The van der Waals surface area contributed by atoms with Crippen molar-refractivity contribution in [3.63, 3.8) is 0 Å². The van der Waals surface area contributed by atoms with Crippen LogP contribution in [0.15, 0.2) is 0 Å². The SMILES string of the molecule is CC1CC1CN(C)C(=O)C(=O)N1CCCNCC1. The van der Waals surface area contributed by atoms with E-state index in [1.807, 2.05) is 0 Å². The summed E-state index contributed by atoms with van der Waals surface area (Å²) in [4.78, 5) is 27.4. The summed E-state index contributed by atoms with van der Waals surface area (Å²) in [7, 11) is 1.74. The maximum Gasteiger partial charge on any atom is 0.312 e. The summed E-state index contributed by atoms with van der Waals surface area (Å²) in [5.41, 5.74) is 0. The fraction of sp³-hybridized carbons (Fsp3) is 0.846. The van der Waals surface area contributed by atoms with Crippen molar-refractivity contribution in [1.29, 1.82) is 0 Å². The van der Waals surface area contributed by atoms with Gasteiger partial charge in [-0.1, -0.05) is 6.92 Å². The first-order valence-corrected chi connectivity index (χ1v) is 6.84. The summed E-state index contributed by atoms with van der Waals surface area (Å²) in [6.07, 6.45) is 2.10. The van der Waals surface area contributed by atoms with Crippen molar-refractivity contribution in [2.45, 2.75) is 19.8 Å². The quantitative estimate of drug-likeness (QED) is 0.701. The predicted molar refractivity (Wildman–Crippen MR) is 69.0 cm³/mol. The minimum Gasteiger partial charge on any atom is -0.337 e. The Morgan fingerprint density at radius 1 is 1.33 bits per heavy atom. The van der Waals surface area contributed by atoms with Crippen LogP contribution in [0.25, 0.3) is 0 Å². The molecule has 0 radical (unpaired) electrons. The Morgan fingerprint density at radius 3 is 2.72 bits per heavy atom. The van der Waals surface area contributed by atoms with Gasteiger partial charge in [-0.05, 0) is 31.2 Å². The summed E-state index contributed by atoms with van der Waals surface area (Å²) in [6.45, 7) is 5.93. The van der Waals surface area contributed by atoms with Crippen LogP contribution in [0.4, 0.5) is 0 Å². The average Bonchev–Trinajstić information content (AvgIpc) is 3.10. The third-order valence-corrected chi connectivity index (χ3v) is 3.94. The second-order valence-electron chi connectivity index (χ2n) is 5.55. The van der Waals surface area contributed by atoms with E-state index in [-0.39, 0.29) is 11.8 Å². The maximum absolute atomic E-state index is 12.1. The molecule has 2 rings (SSSR count). The first-order valence-electron chi connectivity index (χ1n) is 6.84. The number of nitrogens with zero attached hydrogens (tertiary/aromatic N) is 2. The number of hydrogen-bond acceptors (Lipinski definition) is 3. The van der Waals surface area contributed by atoms with Gasteiger partial charge >= 0.3 is 11.8 Å². The summed E-state index contributed by atoms with van der Waals surface area (Å²) in [6, 6.07) is 0. The molecule has 2 unspecified atom stereocenters. The van der Waals surface area contributed by atoms with Crippen molar-refractivity contribution in [2.24, 2.45) is 11.8 Å². The molecule has 2 amide bonds. The van der Waals surface area contributed by atoms with Gasteiger partial charge in [0.2, 0.25) is 0 Å². The molecule has 102 valence electrons. The standard InChI is InChI=1S/C13H23N3O2/c1-10-8-11(10)9-15(2)12(17)13(18)16-6-3-4-14-5-7-16/h10-11,14H,3-9H2,1-2H3. The summed E-state index contributed by atoms with van der Waals surface area (Å²) in [5, 5.41) is 3.23. The van der Waals surface area contributed by atoms with Crippen LogP contribution < -0.4 is 5.32 Å². The second kappa shape index (κ2) is 5.69. The summed E-state index contributed by atoms with van der Waals surface area (Å²) >= 11 is 0. The van der Waals surface area contributed by atoms with Crippen LogP contribution in [0.2, 0.25) is 0 Å². The largest absolute Gasteiger partial charge is 0.337 e. The topological polar surface area (TPSA) is 52.7 Å². The maximum atomic E-state index is 12.1. The molecule has 18 heavy (non-hydrogen) atoms. The van der Waals surface area contributed by atoms with Gasteiger partial charge in [0.05, 0.1) is 0 Å². The van der Waals surface area contributed by atoms with E-state index in [9.17, 15) is 9.59 Å². The van der Waals surface area contributed by atoms with E-state index < -0.39 is 0 Å². The third-order valence-electron chi connectivity index (χ3n) is 3.94. The molecule has 5 heteroatoms. The van der Waals surface area contributed by atoms with Gasteiger partial charge in [-0.2, -0.15) is 0 Å². The van der Waals surface area contributed by atoms with Gasteiger partial charge in [0.25, 0.3) is 0 Å². The number of rotatable bonds is 2. The van der Waals surface area contributed by atoms with Crippen molar-refractivity contribution in [1.82, 2.24) is 15.1 Å². The molecule has 0 bridgehead atoms. The van der Waals surface area contributed by atoms with E-state index in [1.54, 1.807) is 16.8 Å². The van der Waals surface area contributed by atoms with E-state index in [1.165, 1.54) is 6.42 Å². The van der Waals surface area contributed by atoms with E-state index in [0.29, 0.717) is 24.9 Å². The van der Waals surface area contributed by atoms with E-state index in [2.05, 4.69) is 12.2 Å². The first kappa shape index (κ1) is 13.3. The fourth-order valence-corrected chi connectivity index (χ4v) is 2.44. The zero-order chi connectivity index (χ0) is 13.1. The predicted octanol–water partition coefficient (Wildman–Crippen LogP) is -0.0773. The van der Waals surface area contributed by atoms with Gasteiger partial charge in [-0.15, -0.1) is 0 Å². The van der Waals surface area contributed by atoms with Crippen molar-refractivity contribution in [2.75, 3.05) is 39.8 Å². The van der Waals surface area contributed by atoms with Gasteiger partial charge in [-0.3, -0.25) is 9.59 Å². The van der Waals surface area contributed by atoms with Crippen LogP contribution in [0, 0.1) is 11.8 Å². The molecular weight excluding hydrogens is 230 g/mol. The Morgan fingerprint density at radius 2 is 2.06 bits per heavy atom. The Balaban J connectivity index is 1.84. The zero-order valence-corrected chi connectivity index (χ0v) is 11.3. The molecule has 0 aromatic carbocycles. The lowest BCUT2D eigenvalue weighted by Gasteiger charge is -2.23. The molecule has 5 nitrogen and oxygen atoms in total. The smallest absolute Gasteiger partial charge is 0.312 e. The number of likely N-dealkylation sites (N-methyl/N-ethyl adjacent to an activating group) is 1. The number of carbonyl (C=O) groups excluding carboxylic acids is 2. The van der Waals surface area contributed by atoms with Gasteiger partial charge in [0.1, 0.15) is 0 Å². The third kappa shape index (κ3) is 3.22. The lowest BCUT2D eigenvalue weighted by atomic mass is 10.3. The molecule has 1 saturated carbocycles. The van der Waals surface area contributed by atoms with Crippen LogP contribution >= 0.6 is 0 Å². The van der Waals surface area contributed by atoms with Gasteiger partial charge < -0.3 is 15.1 Å². The van der Waals surface area contributed by atoms with Crippen LogP contribution in [0.5, 0.6) is 0 Å². The second-order valence-corrected chi connectivity index (χ2v) is 5.55. The van der Waals surface area contributed by atoms with Crippen molar-refractivity contribution >= 4 is 11.8 Å². The highest BCUT2D eigenvalue weighted by Crippen LogP contribution is 2.37. The van der Waals surface area contributed by atoms with Crippen LogP contribution in [0.1, 0.15) is 19.8 Å². The van der Waals surface area contributed by atoms with Crippen molar-refractivity contribution in [3.8, 4) is 0 Å². The van der Waals surface area contributed by atoms with Gasteiger partial charge in [0, 0.05) is 33.2 Å². The monoisotopic (exact) mass is 253 g/mol. The molecule has 1 aliphatic carbocycles. The molecular formula is C13H23N3O2. The summed E-state index contributed by atoms with van der Waals surface area (Å²) in [5.74, 6) is 0.612. The number of nitrogens with one attached hydrogen (secondary N) is 1. The summed E-state index contributed by atoms with van der Waals surface area (Å²) < 4.78 is 0. The normalized spacial score (nSPS) is 27.6. The molecule has 1 heterocycles. The number of amides is 2. The van der Waals surface area contributed by atoms with Crippen LogP contribution in [-0.2, 0) is 9.59 Å². The molecule has 2 atom stereocenters. The Bertz CT molecular complexity index is 324. The first-order chi connectivity index (χ1) is 8.59. The molecule has 1 N–H and O–H groups in total. The van der Waals surface area contributed by atoms with Crippen LogP contribution in [-0.4, -0.2) is 61.4 Å². The van der Waals surface area contributed by atoms with Crippen molar-refractivity contribution < 1.29 is 9.59 Å². The van der Waals surface area contributed by atoms with E-state index in [4.69, 9.17) is 0 Å². The van der Waals surface area contributed by atoms with Crippen LogP contribution in [0.3, 0.4) is 0 Å². The molecule has 2 fully saturated rings. The molecule has 0 aromatic rings. The average molecular weight is 253 g/mol. The Labute approximate surface area is 108 Å². The molecule has 1 aliphatic heterocycles. The lowest BCUT2D eigenvalue weighted by Crippen LogP contribution is -2.45. The number of hydrogen-bond donors (Lipinski definition) is 1. The highest BCUT2D eigenvalue weighted by molar-refractivity contribution is 6.34. The molecule has 0 spiro atoms. The lowest BCUT2D eigenvalue weighted by molar-refractivity contribution is -0.151. The number of carbonyl (C=O) groups is 2. The fourth-order valence-electron chi connectivity index (χ4n) is 2.44. The van der Waals surface area contributed by atoms with Crippen molar-refractivity contribution in [3.05, 3.63) is 0 Å². The van der Waals surface area contributed by atoms with Gasteiger partial charge in [0.15, 0.2) is 0 Å².